The molecule has 1 aromatic carbocycles. The molecular formula is C14H19NO5S. The Hall–Kier alpha value is -1.89. The summed E-state index contributed by atoms with van der Waals surface area (Å²) in [6.45, 7) is 4.47. The second-order valence-electron chi connectivity index (χ2n) is 5.04. The summed E-state index contributed by atoms with van der Waals surface area (Å²) in [5.41, 5.74) is 0.0313. The normalized spacial score (nSPS) is 13.0. The van der Waals surface area contributed by atoms with Crippen LogP contribution in [0.15, 0.2) is 29.2 Å². The summed E-state index contributed by atoms with van der Waals surface area (Å²) in [7, 11) is -3.58. The molecule has 0 aliphatic carbocycles. The molecule has 1 amide bonds. The second-order valence-corrected chi connectivity index (χ2v) is 7.51. The Kier molecular flexibility index (Phi) is 5.48. The monoisotopic (exact) mass is 313 g/mol. The van der Waals surface area contributed by atoms with Crippen molar-refractivity contribution in [3.8, 4) is 0 Å². The first-order chi connectivity index (χ1) is 9.67. The molecule has 0 aliphatic heterocycles. The summed E-state index contributed by atoms with van der Waals surface area (Å²) >= 11 is 0. The summed E-state index contributed by atoms with van der Waals surface area (Å²) in [4.78, 5) is 22.8. The quantitative estimate of drug-likeness (QED) is 0.825. The highest BCUT2D eigenvalue weighted by atomic mass is 32.2. The highest BCUT2D eigenvalue weighted by Gasteiger charge is 2.25. The minimum Gasteiger partial charge on any atom is -0.481 e. The van der Waals surface area contributed by atoms with Gasteiger partial charge in [-0.1, -0.05) is 19.1 Å². The lowest BCUT2D eigenvalue weighted by Crippen LogP contribution is -2.32. The maximum atomic E-state index is 12.2. The van der Waals surface area contributed by atoms with Crippen molar-refractivity contribution >= 4 is 21.7 Å². The number of carboxylic acids is 1. The first-order valence-corrected chi connectivity index (χ1v) is 8.06. The number of carbonyl (C=O) groups is 2. The fourth-order valence-electron chi connectivity index (χ4n) is 1.58. The van der Waals surface area contributed by atoms with Crippen molar-refractivity contribution in [2.24, 2.45) is 5.92 Å². The van der Waals surface area contributed by atoms with Crippen molar-refractivity contribution in [2.75, 3.05) is 6.54 Å². The van der Waals surface area contributed by atoms with Gasteiger partial charge in [0, 0.05) is 6.54 Å². The van der Waals surface area contributed by atoms with Crippen molar-refractivity contribution in [2.45, 2.75) is 30.9 Å². The number of carbonyl (C=O) groups excluding carboxylic acids is 1. The molecule has 0 saturated carbocycles. The summed E-state index contributed by atoms with van der Waals surface area (Å²) in [6.07, 6.45) is 0. The zero-order chi connectivity index (χ0) is 16.2. The molecule has 21 heavy (non-hydrogen) atoms. The lowest BCUT2D eigenvalue weighted by atomic mass is 10.1. The molecule has 0 radical (unpaired) electrons. The van der Waals surface area contributed by atoms with Crippen molar-refractivity contribution in [1.82, 2.24) is 5.32 Å². The fourth-order valence-corrected chi connectivity index (χ4v) is 2.83. The van der Waals surface area contributed by atoms with Crippen molar-refractivity contribution < 1.29 is 23.1 Å². The number of carboxylic acid groups (broad SMARTS) is 1. The van der Waals surface area contributed by atoms with E-state index in [0.717, 1.165) is 0 Å². The van der Waals surface area contributed by atoms with Gasteiger partial charge in [0.05, 0.1) is 21.6 Å². The van der Waals surface area contributed by atoms with E-state index in [1.165, 1.54) is 32.9 Å². The first-order valence-electron chi connectivity index (χ1n) is 6.51. The highest BCUT2D eigenvalue weighted by molar-refractivity contribution is 7.92. The smallest absolute Gasteiger partial charge is 0.308 e. The summed E-state index contributed by atoms with van der Waals surface area (Å²) in [5.74, 6) is -2.37. The minimum atomic E-state index is -3.58. The Labute approximate surface area is 124 Å². The summed E-state index contributed by atoms with van der Waals surface area (Å²) < 4.78 is 24.5. The van der Waals surface area contributed by atoms with Gasteiger partial charge in [0.2, 0.25) is 0 Å². The number of amides is 1. The number of hydrogen-bond donors (Lipinski definition) is 2. The molecular weight excluding hydrogens is 294 g/mol. The molecule has 0 fully saturated rings. The zero-order valence-corrected chi connectivity index (χ0v) is 13.0. The third kappa shape index (κ3) is 4.04. The average molecular weight is 313 g/mol. The number of nitrogens with one attached hydrogen (secondary N) is 1. The topological polar surface area (TPSA) is 101 Å². The van der Waals surface area contributed by atoms with Crippen LogP contribution in [0.2, 0.25) is 0 Å². The molecule has 2 N–H and O–H groups in total. The van der Waals surface area contributed by atoms with Crippen molar-refractivity contribution in [3.05, 3.63) is 29.8 Å². The van der Waals surface area contributed by atoms with Gasteiger partial charge < -0.3 is 10.4 Å². The number of benzene rings is 1. The molecule has 0 aliphatic rings. The van der Waals surface area contributed by atoms with Crippen LogP contribution in [0.25, 0.3) is 0 Å². The Morgan fingerprint density at radius 1 is 1.19 bits per heavy atom. The van der Waals surface area contributed by atoms with Gasteiger partial charge >= 0.3 is 5.97 Å². The van der Waals surface area contributed by atoms with E-state index in [4.69, 9.17) is 5.11 Å². The van der Waals surface area contributed by atoms with E-state index in [1.807, 2.05) is 0 Å². The Balaban J connectivity index is 3.04. The van der Waals surface area contributed by atoms with E-state index in [9.17, 15) is 18.0 Å². The SMILES string of the molecule is CC(CNC(=O)c1ccccc1S(=O)(=O)C(C)C)C(=O)O. The van der Waals surface area contributed by atoms with Gasteiger partial charge in [-0.2, -0.15) is 0 Å². The third-order valence-corrected chi connectivity index (χ3v) is 5.26. The predicted octanol–water partition coefficient (Wildman–Crippen LogP) is 1.32. The fraction of sp³-hybridized carbons (Fsp3) is 0.429. The molecule has 1 atom stereocenters. The van der Waals surface area contributed by atoms with Crippen LogP contribution in [0.5, 0.6) is 0 Å². The van der Waals surface area contributed by atoms with Gasteiger partial charge in [0.1, 0.15) is 0 Å². The number of aliphatic carboxylic acids is 1. The van der Waals surface area contributed by atoms with Gasteiger partial charge in [-0.05, 0) is 26.0 Å². The molecule has 0 aromatic heterocycles. The van der Waals surface area contributed by atoms with E-state index in [2.05, 4.69) is 5.32 Å². The summed E-state index contributed by atoms with van der Waals surface area (Å²) in [6, 6.07) is 5.90. The second kappa shape index (κ2) is 6.71. The number of hydrogen-bond acceptors (Lipinski definition) is 4. The molecule has 0 heterocycles. The van der Waals surface area contributed by atoms with Gasteiger partial charge in [-0.25, -0.2) is 8.42 Å². The Morgan fingerprint density at radius 2 is 1.76 bits per heavy atom. The van der Waals surface area contributed by atoms with Crippen LogP contribution in [0, 0.1) is 5.92 Å². The van der Waals surface area contributed by atoms with Crippen LogP contribution in [0.1, 0.15) is 31.1 Å². The van der Waals surface area contributed by atoms with Gasteiger partial charge in [-0.3, -0.25) is 9.59 Å². The van der Waals surface area contributed by atoms with Crippen LogP contribution in [-0.4, -0.2) is 37.2 Å². The molecule has 0 spiro atoms. The first kappa shape index (κ1) is 17.2. The van der Waals surface area contributed by atoms with Gasteiger partial charge in [0.25, 0.3) is 5.91 Å². The molecule has 1 unspecified atom stereocenters. The predicted molar refractivity (Wildman–Crippen MR) is 77.9 cm³/mol. The van der Waals surface area contributed by atoms with E-state index < -0.39 is 32.9 Å². The van der Waals surface area contributed by atoms with Crippen molar-refractivity contribution in [3.63, 3.8) is 0 Å². The van der Waals surface area contributed by atoms with Gasteiger partial charge in [0.15, 0.2) is 9.84 Å². The van der Waals surface area contributed by atoms with E-state index in [1.54, 1.807) is 12.1 Å². The largest absolute Gasteiger partial charge is 0.481 e. The molecule has 0 saturated heterocycles. The average Bonchev–Trinajstić information content (AvgIpc) is 2.43. The minimum absolute atomic E-state index is 0.0313. The lowest BCUT2D eigenvalue weighted by molar-refractivity contribution is -0.140. The lowest BCUT2D eigenvalue weighted by Gasteiger charge is -2.13. The zero-order valence-electron chi connectivity index (χ0n) is 12.2. The standard InChI is InChI=1S/C14H19NO5S/c1-9(2)21(19,20)12-7-5-4-6-11(12)13(16)15-8-10(3)14(17)18/h4-7,9-10H,8H2,1-3H3,(H,15,16)(H,17,18). The van der Waals surface area contributed by atoms with Crippen LogP contribution in [-0.2, 0) is 14.6 Å². The molecule has 1 rings (SSSR count). The van der Waals surface area contributed by atoms with E-state index in [0.29, 0.717) is 0 Å². The number of sulfone groups is 1. The van der Waals surface area contributed by atoms with Crippen LogP contribution in [0.4, 0.5) is 0 Å². The highest BCUT2D eigenvalue weighted by Crippen LogP contribution is 2.20. The third-order valence-electron chi connectivity index (χ3n) is 3.05. The van der Waals surface area contributed by atoms with E-state index in [-0.39, 0.29) is 17.0 Å². The molecule has 6 nitrogen and oxygen atoms in total. The Morgan fingerprint density at radius 3 is 2.29 bits per heavy atom. The van der Waals surface area contributed by atoms with E-state index >= 15 is 0 Å². The molecule has 1 aromatic rings. The molecule has 7 heteroatoms. The number of rotatable bonds is 6. The van der Waals surface area contributed by atoms with Gasteiger partial charge in [-0.15, -0.1) is 0 Å². The maximum Gasteiger partial charge on any atom is 0.308 e. The molecule has 0 bridgehead atoms. The van der Waals surface area contributed by atoms with Crippen LogP contribution >= 0.6 is 0 Å². The molecule has 116 valence electrons. The Bertz CT molecular complexity index is 637. The van der Waals surface area contributed by atoms with Crippen LogP contribution in [0.3, 0.4) is 0 Å². The maximum absolute atomic E-state index is 12.2. The summed E-state index contributed by atoms with van der Waals surface area (Å²) in [5, 5.41) is 10.6. The van der Waals surface area contributed by atoms with Crippen LogP contribution < -0.4 is 5.32 Å². The van der Waals surface area contributed by atoms with Crippen molar-refractivity contribution in [1.29, 1.82) is 0 Å².